The van der Waals surface area contributed by atoms with E-state index in [4.69, 9.17) is 5.73 Å². The van der Waals surface area contributed by atoms with Crippen molar-refractivity contribution in [1.82, 2.24) is 0 Å². The average molecular weight is 171 g/mol. The number of rotatable bonds is 2. The maximum atomic E-state index is 5.51. The van der Waals surface area contributed by atoms with Crippen molar-refractivity contribution in [3.05, 3.63) is 11.6 Å². The van der Waals surface area contributed by atoms with Gasteiger partial charge in [0, 0.05) is 6.54 Å². The van der Waals surface area contributed by atoms with E-state index in [0.717, 1.165) is 12.5 Å². The smallest absolute Gasteiger partial charge is 0.0134 e. The molecule has 1 heterocycles. The summed E-state index contributed by atoms with van der Waals surface area (Å²) in [5.41, 5.74) is 6.86. The SMILES string of the molecule is C/C(=C\C1CCCSC1)CN. The molecule has 1 unspecified atom stereocenters. The Balaban J connectivity index is 2.34. The Labute approximate surface area is 73.4 Å². The van der Waals surface area contributed by atoms with Crippen LogP contribution in [0.1, 0.15) is 19.8 Å². The fourth-order valence-corrected chi connectivity index (χ4v) is 2.47. The minimum atomic E-state index is 0.723. The quantitative estimate of drug-likeness (QED) is 0.643. The second-order valence-corrected chi connectivity index (χ2v) is 4.34. The van der Waals surface area contributed by atoms with Crippen LogP contribution in [0.2, 0.25) is 0 Å². The van der Waals surface area contributed by atoms with E-state index < -0.39 is 0 Å². The third-order valence-electron chi connectivity index (χ3n) is 2.04. The Morgan fingerprint density at radius 3 is 3.09 bits per heavy atom. The molecule has 1 aliphatic heterocycles. The monoisotopic (exact) mass is 171 g/mol. The summed E-state index contributed by atoms with van der Waals surface area (Å²) in [7, 11) is 0. The molecule has 2 N–H and O–H groups in total. The Bertz CT molecular complexity index is 136. The Kier molecular flexibility index (Phi) is 4.02. The molecule has 64 valence electrons. The molecule has 1 atom stereocenters. The molecule has 0 aromatic carbocycles. The zero-order chi connectivity index (χ0) is 8.10. The predicted molar refractivity (Wildman–Crippen MR) is 52.9 cm³/mol. The van der Waals surface area contributed by atoms with Crippen molar-refractivity contribution < 1.29 is 0 Å². The van der Waals surface area contributed by atoms with Crippen LogP contribution in [0.4, 0.5) is 0 Å². The largest absolute Gasteiger partial charge is 0.327 e. The van der Waals surface area contributed by atoms with Crippen LogP contribution in [0.15, 0.2) is 11.6 Å². The van der Waals surface area contributed by atoms with E-state index >= 15 is 0 Å². The molecule has 0 aromatic heterocycles. The van der Waals surface area contributed by atoms with Crippen LogP contribution in [0.5, 0.6) is 0 Å². The molecule has 0 amide bonds. The highest BCUT2D eigenvalue weighted by Crippen LogP contribution is 2.24. The minimum Gasteiger partial charge on any atom is -0.327 e. The maximum Gasteiger partial charge on any atom is 0.0134 e. The number of nitrogens with two attached hydrogens (primary N) is 1. The molecule has 1 nitrogen and oxygen atoms in total. The van der Waals surface area contributed by atoms with Gasteiger partial charge in [0.05, 0.1) is 0 Å². The fraction of sp³-hybridized carbons (Fsp3) is 0.778. The highest BCUT2D eigenvalue weighted by Gasteiger charge is 2.10. The summed E-state index contributed by atoms with van der Waals surface area (Å²) in [5.74, 6) is 3.46. The predicted octanol–water partition coefficient (Wildman–Crippen LogP) is 2.03. The van der Waals surface area contributed by atoms with Gasteiger partial charge in [0.1, 0.15) is 0 Å². The number of hydrogen-bond acceptors (Lipinski definition) is 2. The highest BCUT2D eigenvalue weighted by molar-refractivity contribution is 7.99. The molecule has 0 aromatic rings. The normalized spacial score (nSPS) is 27.1. The van der Waals surface area contributed by atoms with Gasteiger partial charge in [0.15, 0.2) is 0 Å². The minimum absolute atomic E-state index is 0.723. The molecular weight excluding hydrogens is 154 g/mol. The number of thioether (sulfide) groups is 1. The molecule has 11 heavy (non-hydrogen) atoms. The Morgan fingerprint density at radius 1 is 1.73 bits per heavy atom. The van der Waals surface area contributed by atoms with Crippen LogP contribution in [0, 0.1) is 5.92 Å². The van der Waals surface area contributed by atoms with Crippen molar-refractivity contribution >= 4 is 11.8 Å². The van der Waals surface area contributed by atoms with Crippen molar-refractivity contribution in [3.63, 3.8) is 0 Å². The third-order valence-corrected chi connectivity index (χ3v) is 3.28. The lowest BCUT2D eigenvalue weighted by molar-refractivity contribution is 0.625. The molecule has 1 fully saturated rings. The van der Waals surface area contributed by atoms with Gasteiger partial charge in [0.2, 0.25) is 0 Å². The van der Waals surface area contributed by atoms with Gasteiger partial charge in [-0.2, -0.15) is 11.8 Å². The van der Waals surface area contributed by atoms with Crippen molar-refractivity contribution in [3.8, 4) is 0 Å². The molecule has 0 bridgehead atoms. The summed E-state index contributed by atoms with van der Waals surface area (Å²) in [6.45, 7) is 2.85. The summed E-state index contributed by atoms with van der Waals surface area (Å²) in [5, 5.41) is 0. The lowest BCUT2D eigenvalue weighted by atomic mass is 10.0. The molecule has 2 heteroatoms. The van der Waals surface area contributed by atoms with Crippen molar-refractivity contribution in [2.45, 2.75) is 19.8 Å². The van der Waals surface area contributed by atoms with Crippen molar-refractivity contribution in [2.75, 3.05) is 18.1 Å². The van der Waals surface area contributed by atoms with Gasteiger partial charge < -0.3 is 5.73 Å². The summed E-state index contributed by atoms with van der Waals surface area (Å²) in [6, 6.07) is 0. The van der Waals surface area contributed by atoms with Gasteiger partial charge in [-0.05, 0) is 37.2 Å². The summed E-state index contributed by atoms with van der Waals surface area (Å²) in [6.07, 6.45) is 5.10. The van der Waals surface area contributed by atoms with E-state index in [1.54, 1.807) is 0 Å². The van der Waals surface area contributed by atoms with Crippen LogP contribution in [-0.4, -0.2) is 18.1 Å². The van der Waals surface area contributed by atoms with Crippen LogP contribution in [0.25, 0.3) is 0 Å². The van der Waals surface area contributed by atoms with Gasteiger partial charge in [-0.25, -0.2) is 0 Å². The zero-order valence-corrected chi connectivity index (χ0v) is 7.99. The molecule has 1 aliphatic rings. The first-order chi connectivity index (χ1) is 5.33. The van der Waals surface area contributed by atoms with Crippen LogP contribution in [-0.2, 0) is 0 Å². The lowest BCUT2D eigenvalue weighted by Crippen LogP contribution is -2.10. The molecular formula is C9H17NS. The van der Waals surface area contributed by atoms with E-state index in [0.29, 0.717) is 0 Å². The zero-order valence-electron chi connectivity index (χ0n) is 7.18. The van der Waals surface area contributed by atoms with Gasteiger partial charge >= 0.3 is 0 Å². The molecule has 0 aliphatic carbocycles. The van der Waals surface area contributed by atoms with E-state index in [1.165, 1.54) is 29.9 Å². The Morgan fingerprint density at radius 2 is 2.55 bits per heavy atom. The van der Waals surface area contributed by atoms with E-state index in [1.807, 2.05) is 0 Å². The van der Waals surface area contributed by atoms with Crippen molar-refractivity contribution in [2.24, 2.45) is 11.7 Å². The Hall–Kier alpha value is 0.0500. The molecule has 0 radical (unpaired) electrons. The number of allylic oxidation sites excluding steroid dienone is 1. The molecule has 1 rings (SSSR count). The fourth-order valence-electron chi connectivity index (χ4n) is 1.37. The van der Waals surface area contributed by atoms with E-state index in [-0.39, 0.29) is 0 Å². The topological polar surface area (TPSA) is 26.0 Å². The summed E-state index contributed by atoms with van der Waals surface area (Å²) >= 11 is 2.07. The average Bonchev–Trinajstić information content (AvgIpc) is 2.06. The molecule has 0 saturated carbocycles. The van der Waals surface area contributed by atoms with Crippen molar-refractivity contribution in [1.29, 1.82) is 0 Å². The maximum absolute atomic E-state index is 5.51. The van der Waals surface area contributed by atoms with Crippen LogP contribution in [0.3, 0.4) is 0 Å². The van der Waals surface area contributed by atoms with E-state index in [2.05, 4.69) is 24.8 Å². The first-order valence-electron chi connectivity index (χ1n) is 4.28. The van der Waals surface area contributed by atoms with Crippen LogP contribution < -0.4 is 5.73 Å². The number of hydrogen-bond donors (Lipinski definition) is 1. The van der Waals surface area contributed by atoms with Gasteiger partial charge in [-0.15, -0.1) is 0 Å². The van der Waals surface area contributed by atoms with Crippen LogP contribution >= 0.6 is 11.8 Å². The summed E-state index contributed by atoms with van der Waals surface area (Å²) in [4.78, 5) is 0. The molecule has 0 spiro atoms. The third kappa shape index (κ3) is 3.30. The molecule has 1 saturated heterocycles. The van der Waals surface area contributed by atoms with Gasteiger partial charge in [-0.3, -0.25) is 0 Å². The first kappa shape index (κ1) is 9.14. The van der Waals surface area contributed by atoms with E-state index in [9.17, 15) is 0 Å². The highest BCUT2D eigenvalue weighted by atomic mass is 32.2. The summed E-state index contributed by atoms with van der Waals surface area (Å²) < 4.78 is 0. The first-order valence-corrected chi connectivity index (χ1v) is 5.43. The second-order valence-electron chi connectivity index (χ2n) is 3.19. The standard InChI is InChI=1S/C9H17NS/c1-8(6-10)5-9-3-2-4-11-7-9/h5,9H,2-4,6-7,10H2,1H3/b8-5+. The second kappa shape index (κ2) is 4.83. The lowest BCUT2D eigenvalue weighted by Gasteiger charge is -2.18. The van der Waals surface area contributed by atoms with Gasteiger partial charge in [0.25, 0.3) is 0 Å². The van der Waals surface area contributed by atoms with Gasteiger partial charge in [-0.1, -0.05) is 11.6 Å².